The second-order valence-electron chi connectivity index (χ2n) is 4.89. The summed E-state index contributed by atoms with van der Waals surface area (Å²) in [7, 11) is 0. The van der Waals surface area contributed by atoms with Crippen molar-refractivity contribution in [1.29, 1.82) is 0 Å². The zero-order chi connectivity index (χ0) is 14.5. The van der Waals surface area contributed by atoms with Crippen LogP contribution in [0.1, 0.15) is 31.9 Å². The maximum atomic E-state index is 12.4. The number of hydrogen-bond acceptors (Lipinski definition) is 3. The molecule has 1 atom stereocenters. The third kappa shape index (κ3) is 3.79. The minimum absolute atomic E-state index is 0.0116. The summed E-state index contributed by atoms with van der Waals surface area (Å²) in [6.07, 6.45) is 3.60. The molecule has 2 rings (SSSR count). The number of carbonyl (C=O) groups is 2. The van der Waals surface area contributed by atoms with Crippen LogP contribution in [0.15, 0.2) is 22.8 Å². The van der Waals surface area contributed by atoms with Crippen molar-refractivity contribution >= 4 is 27.7 Å². The Balaban J connectivity index is 2.10. The van der Waals surface area contributed by atoms with E-state index in [9.17, 15) is 9.59 Å². The Kier molecular flexibility index (Phi) is 5.11. The van der Waals surface area contributed by atoms with Gasteiger partial charge < -0.3 is 10.2 Å². The van der Waals surface area contributed by atoms with E-state index < -0.39 is 6.04 Å². The maximum absolute atomic E-state index is 12.4. The van der Waals surface area contributed by atoms with Gasteiger partial charge in [0.2, 0.25) is 11.8 Å². The average molecular weight is 340 g/mol. The summed E-state index contributed by atoms with van der Waals surface area (Å²) >= 11 is 3.34. The van der Waals surface area contributed by atoms with E-state index in [4.69, 9.17) is 0 Å². The lowest BCUT2D eigenvalue weighted by molar-refractivity contribution is -0.134. The van der Waals surface area contributed by atoms with Gasteiger partial charge in [0.25, 0.3) is 0 Å². The Morgan fingerprint density at radius 3 is 2.90 bits per heavy atom. The molecule has 1 unspecified atom stereocenters. The molecule has 1 saturated heterocycles. The zero-order valence-electron chi connectivity index (χ0n) is 11.4. The van der Waals surface area contributed by atoms with E-state index in [1.54, 1.807) is 11.1 Å². The van der Waals surface area contributed by atoms with Gasteiger partial charge in [0.15, 0.2) is 0 Å². The number of halogens is 1. The van der Waals surface area contributed by atoms with Gasteiger partial charge in [-0.3, -0.25) is 14.6 Å². The van der Waals surface area contributed by atoms with Crippen molar-refractivity contribution in [2.75, 3.05) is 6.54 Å². The normalized spacial score (nSPS) is 19.7. The Hall–Kier alpha value is -1.43. The summed E-state index contributed by atoms with van der Waals surface area (Å²) in [6.45, 7) is 2.90. The first-order chi connectivity index (χ1) is 9.60. The number of nitrogens with zero attached hydrogens (tertiary/aromatic N) is 2. The van der Waals surface area contributed by atoms with Crippen LogP contribution >= 0.6 is 15.9 Å². The first-order valence-electron chi connectivity index (χ1n) is 6.78. The summed E-state index contributed by atoms with van der Waals surface area (Å²) in [5.41, 5.74) is 0.825. The first-order valence-corrected chi connectivity index (χ1v) is 7.58. The summed E-state index contributed by atoms with van der Waals surface area (Å²) in [4.78, 5) is 30.1. The standard InChI is InChI=1S/C14H18BrN3O2/c1-2-3-12-14(20)18(7-6-13(19)17-12)9-11-5-4-10(15)8-16-11/h4-5,8,12H,2-3,6-7,9H2,1H3,(H,17,19). The average Bonchev–Trinajstić information content (AvgIpc) is 2.55. The van der Waals surface area contributed by atoms with Crippen LogP contribution in [0.3, 0.4) is 0 Å². The van der Waals surface area contributed by atoms with Crippen LogP contribution in [-0.2, 0) is 16.1 Å². The van der Waals surface area contributed by atoms with Crippen LogP contribution in [0.4, 0.5) is 0 Å². The molecule has 0 radical (unpaired) electrons. The number of aromatic nitrogens is 1. The fourth-order valence-corrected chi connectivity index (χ4v) is 2.47. The third-order valence-corrected chi connectivity index (χ3v) is 3.74. The van der Waals surface area contributed by atoms with Gasteiger partial charge in [-0.25, -0.2) is 0 Å². The molecule has 0 saturated carbocycles. The van der Waals surface area contributed by atoms with Gasteiger partial charge in [-0.05, 0) is 34.5 Å². The molecular weight excluding hydrogens is 322 g/mol. The smallest absolute Gasteiger partial charge is 0.245 e. The Labute approximate surface area is 126 Å². The van der Waals surface area contributed by atoms with Gasteiger partial charge in [-0.15, -0.1) is 0 Å². The summed E-state index contributed by atoms with van der Waals surface area (Å²) in [5.74, 6) is -0.0644. The number of nitrogens with one attached hydrogen (secondary N) is 1. The van der Waals surface area contributed by atoms with Gasteiger partial charge in [0.1, 0.15) is 6.04 Å². The molecule has 1 aliphatic heterocycles. The van der Waals surface area contributed by atoms with E-state index in [1.165, 1.54) is 0 Å². The molecule has 1 aromatic heterocycles. The van der Waals surface area contributed by atoms with Crippen LogP contribution < -0.4 is 5.32 Å². The van der Waals surface area contributed by atoms with Crippen molar-refractivity contribution in [3.05, 3.63) is 28.5 Å². The summed E-state index contributed by atoms with van der Waals surface area (Å²) < 4.78 is 0.907. The molecule has 2 amide bonds. The molecule has 6 heteroatoms. The third-order valence-electron chi connectivity index (χ3n) is 3.27. The molecule has 1 N–H and O–H groups in total. The minimum Gasteiger partial charge on any atom is -0.344 e. The highest BCUT2D eigenvalue weighted by molar-refractivity contribution is 9.10. The molecule has 0 aliphatic carbocycles. The fourth-order valence-electron chi connectivity index (χ4n) is 2.23. The van der Waals surface area contributed by atoms with Gasteiger partial charge in [-0.2, -0.15) is 0 Å². The molecule has 20 heavy (non-hydrogen) atoms. The molecule has 0 bridgehead atoms. The Morgan fingerprint density at radius 2 is 2.25 bits per heavy atom. The van der Waals surface area contributed by atoms with Crippen molar-refractivity contribution in [3.8, 4) is 0 Å². The maximum Gasteiger partial charge on any atom is 0.245 e. The largest absolute Gasteiger partial charge is 0.344 e. The van der Waals surface area contributed by atoms with E-state index in [2.05, 4.69) is 26.2 Å². The molecule has 2 heterocycles. The summed E-state index contributed by atoms with van der Waals surface area (Å²) in [6, 6.07) is 3.38. The second kappa shape index (κ2) is 6.83. The SMILES string of the molecule is CCCC1NC(=O)CCN(Cc2ccc(Br)cn2)C1=O. The molecule has 0 aromatic carbocycles. The van der Waals surface area contributed by atoms with E-state index in [1.807, 2.05) is 19.1 Å². The molecule has 5 nitrogen and oxygen atoms in total. The Bertz CT molecular complexity index is 490. The summed E-state index contributed by atoms with van der Waals surface area (Å²) in [5, 5.41) is 2.80. The van der Waals surface area contributed by atoms with E-state index in [0.717, 1.165) is 16.6 Å². The molecule has 108 valence electrons. The van der Waals surface area contributed by atoms with E-state index in [-0.39, 0.29) is 11.8 Å². The van der Waals surface area contributed by atoms with Crippen molar-refractivity contribution in [2.45, 2.75) is 38.8 Å². The number of rotatable bonds is 4. The number of amides is 2. The predicted molar refractivity (Wildman–Crippen MR) is 78.8 cm³/mol. The van der Waals surface area contributed by atoms with Gasteiger partial charge >= 0.3 is 0 Å². The lowest BCUT2D eigenvalue weighted by atomic mass is 10.1. The van der Waals surface area contributed by atoms with Crippen LogP contribution in [0, 0.1) is 0 Å². The minimum atomic E-state index is -0.398. The Morgan fingerprint density at radius 1 is 1.45 bits per heavy atom. The van der Waals surface area contributed by atoms with Crippen molar-refractivity contribution in [1.82, 2.24) is 15.2 Å². The van der Waals surface area contributed by atoms with Gasteiger partial charge in [0.05, 0.1) is 12.2 Å². The first kappa shape index (κ1) is 15.0. The zero-order valence-corrected chi connectivity index (χ0v) is 13.0. The quantitative estimate of drug-likeness (QED) is 0.910. The molecular formula is C14H18BrN3O2. The number of pyridine rings is 1. The monoisotopic (exact) mass is 339 g/mol. The molecule has 1 fully saturated rings. The fraction of sp³-hybridized carbons (Fsp3) is 0.500. The van der Waals surface area contributed by atoms with Crippen LogP contribution in [0.5, 0.6) is 0 Å². The lowest BCUT2D eigenvalue weighted by Gasteiger charge is -2.23. The van der Waals surface area contributed by atoms with Crippen LogP contribution in [0.2, 0.25) is 0 Å². The molecule has 0 spiro atoms. The van der Waals surface area contributed by atoms with Gasteiger partial charge in [0, 0.05) is 23.6 Å². The highest BCUT2D eigenvalue weighted by Crippen LogP contribution is 2.13. The van der Waals surface area contributed by atoms with Crippen molar-refractivity contribution < 1.29 is 9.59 Å². The number of hydrogen-bond donors (Lipinski definition) is 1. The lowest BCUT2D eigenvalue weighted by Crippen LogP contribution is -2.44. The van der Waals surface area contributed by atoms with Crippen molar-refractivity contribution in [2.24, 2.45) is 0 Å². The number of carbonyl (C=O) groups excluding carboxylic acids is 2. The second-order valence-corrected chi connectivity index (χ2v) is 5.80. The van der Waals surface area contributed by atoms with E-state index in [0.29, 0.717) is 25.9 Å². The van der Waals surface area contributed by atoms with Crippen molar-refractivity contribution in [3.63, 3.8) is 0 Å². The van der Waals surface area contributed by atoms with Crippen LogP contribution in [0.25, 0.3) is 0 Å². The highest BCUT2D eigenvalue weighted by Gasteiger charge is 2.29. The molecule has 1 aliphatic rings. The van der Waals surface area contributed by atoms with E-state index >= 15 is 0 Å². The molecule has 1 aromatic rings. The van der Waals surface area contributed by atoms with Crippen LogP contribution in [-0.4, -0.2) is 34.3 Å². The predicted octanol–water partition coefficient (Wildman–Crippen LogP) is 1.86. The van der Waals surface area contributed by atoms with Gasteiger partial charge in [-0.1, -0.05) is 13.3 Å². The highest BCUT2D eigenvalue weighted by atomic mass is 79.9. The topological polar surface area (TPSA) is 62.3 Å².